The molecule has 0 atom stereocenters. The van der Waals surface area contributed by atoms with E-state index in [0.717, 1.165) is 0 Å². The van der Waals surface area contributed by atoms with Crippen molar-refractivity contribution in [1.29, 1.82) is 0 Å². The molecule has 0 spiro atoms. The van der Waals surface area contributed by atoms with E-state index in [-0.39, 0.29) is 5.69 Å². The summed E-state index contributed by atoms with van der Waals surface area (Å²) in [7, 11) is 0. The van der Waals surface area contributed by atoms with Crippen LogP contribution >= 0.6 is 11.3 Å². The Morgan fingerprint density at radius 1 is 1.32 bits per heavy atom. The van der Waals surface area contributed by atoms with Gasteiger partial charge in [-0.1, -0.05) is 0 Å². The number of nitrogens with zero attached hydrogens (tertiary/aromatic N) is 2. The molecule has 19 heavy (non-hydrogen) atoms. The fourth-order valence-corrected chi connectivity index (χ4v) is 2.37. The van der Waals surface area contributed by atoms with E-state index in [0.29, 0.717) is 21.5 Å². The molecule has 2 heterocycles. The number of hydrogen-bond donors (Lipinski definition) is 0. The number of nitro benzene ring substituents is 1. The number of fused-ring (bicyclic) bond motifs is 1. The van der Waals surface area contributed by atoms with Gasteiger partial charge in [0.2, 0.25) is 0 Å². The fraction of sp³-hybridized carbons (Fsp3) is 0. The molecule has 0 saturated carbocycles. The topological polar surface area (TPSA) is 86.2 Å². The zero-order valence-electron chi connectivity index (χ0n) is 9.40. The summed E-state index contributed by atoms with van der Waals surface area (Å²) in [5.74, 6) is 0. The number of thiazole rings is 1. The molecule has 0 bridgehead atoms. The van der Waals surface area contributed by atoms with Gasteiger partial charge in [-0.05, 0) is 12.1 Å². The van der Waals surface area contributed by atoms with Crippen molar-refractivity contribution in [3.05, 3.63) is 56.4 Å². The van der Waals surface area contributed by atoms with Crippen LogP contribution in [0.4, 0.5) is 5.69 Å². The predicted octanol–water partition coefficient (Wildman–Crippen LogP) is 2.82. The van der Waals surface area contributed by atoms with Gasteiger partial charge in [-0.25, -0.2) is 9.78 Å². The lowest BCUT2D eigenvalue weighted by Gasteiger charge is -1.99. The summed E-state index contributed by atoms with van der Waals surface area (Å²) >= 11 is 1.30. The van der Waals surface area contributed by atoms with Crippen LogP contribution in [0.25, 0.3) is 21.5 Å². The quantitative estimate of drug-likeness (QED) is 0.407. The molecule has 0 radical (unpaired) electrons. The van der Waals surface area contributed by atoms with E-state index >= 15 is 0 Å². The van der Waals surface area contributed by atoms with E-state index in [2.05, 4.69) is 4.98 Å². The summed E-state index contributed by atoms with van der Waals surface area (Å²) in [5.41, 5.74) is 0.0710. The number of aromatic nitrogens is 1. The van der Waals surface area contributed by atoms with Gasteiger partial charge in [0.25, 0.3) is 5.69 Å². The maximum absolute atomic E-state index is 11.8. The van der Waals surface area contributed by atoms with Crippen molar-refractivity contribution < 1.29 is 9.34 Å². The molecule has 0 N–H and O–H groups in total. The fourth-order valence-electron chi connectivity index (χ4n) is 1.73. The van der Waals surface area contributed by atoms with Crippen LogP contribution in [0, 0.1) is 10.1 Å². The Kier molecular flexibility index (Phi) is 2.60. The van der Waals surface area contributed by atoms with Crippen molar-refractivity contribution in [3.63, 3.8) is 0 Å². The van der Waals surface area contributed by atoms with Crippen molar-refractivity contribution in [2.75, 3.05) is 0 Å². The smallest absolute Gasteiger partial charge is 0.346 e. The Morgan fingerprint density at radius 3 is 2.84 bits per heavy atom. The largest absolute Gasteiger partial charge is 0.422 e. The molecule has 0 saturated heterocycles. The zero-order valence-corrected chi connectivity index (χ0v) is 10.2. The van der Waals surface area contributed by atoms with Crippen LogP contribution in [0.3, 0.4) is 0 Å². The van der Waals surface area contributed by atoms with Crippen LogP contribution in [-0.4, -0.2) is 9.91 Å². The van der Waals surface area contributed by atoms with E-state index in [1.54, 1.807) is 17.6 Å². The third-order valence-electron chi connectivity index (χ3n) is 2.59. The van der Waals surface area contributed by atoms with Crippen LogP contribution in [0.2, 0.25) is 0 Å². The van der Waals surface area contributed by atoms with Gasteiger partial charge < -0.3 is 4.42 Å². The molecule has 3 aromatic rings. The van der Waals surface area contributed by atoms with Crippen LogP contribution in [-0.2, 0) is 0 Å². The maximum atomic E-state index is 11.8. The van der Waals surface area contributed by atoms with Gasteiger partial charge in [-0.15, -0.1) is 11.3 Å². The highest BCUT2D eigenvalue weighted by molar-refractivity contribution is 7.13. The highest BCUT2D eigenvalue weighted by atomic mass is 32.1. The second kappa shape index (κ2) is 4.29. The Balaban J connectivity index is 2.28. The van der Waals surface area contributed by atoms with Crippen molar-refractivity contribution in [1.82, 2.24) is 4.98 Å². The first-order valence-corrected chi connectivity index (χ1v) is 6.15. The normalized spacial score (nSPS) is 10.7. The predicted molar refractivity (Wildman–Crippen MR) is 70.2 cm³/mol. The molecule has 2 aromatic heterocycles. The van der Waals surface area contributed by atoms with E-state index in [4.69, 9.17) is 4.42 Å². The molecule has 0 aliphatic carbocycles. The number of rotatable bonds is 2. The van der Waals surface area contributed by atoms with Gasteiger partial charge in [-0.3, -0.25) is 10.1 Å². The first-order valence-electron chi connectivity index (χ1n) is 5.27. The van der Waals surface area contributed by atoms with Crippen LogP contribution in [0.5, 0.6) is 0 Å². The summed E-state index contributed by atoms with van der Waals surface area (Å²) in [6.45, 7) is 0. The lowest BCUT2D eigenvalue weighted by molar-refractivity contribution is -0.384. The number of nitro groups is 1. The van der Waals surface area contributed by atoms with Crippen LogP contribution < -0.4 is 5.63 Å². The standard InChI is InChI=1S/C12H6N2O4S/c15-12-9(11-13-3-4-19-11)6-7-5-8(14(16)17)1-2-10(7)18-12/h1-6H. The zero-order chi connectivity index (χ0) is 13.4. The summed E-state index contributed by atoms with van der Waals surface area (Å²) in [6, 6.07) is 5.65. The molecule has 0 aliphatic heterocycles. The Labute approximate surface area is 110 Å². The molecule has 94 valence electrons. The Bertz CT molecular complexity index is 823. The third-order valence-corrected chi connectivity index (χ3v) is 3.40. The molecule has 0 aliphatic rings. The van der Waals surface area contributed by atoms with Crippen molar-refractivity contribution in [2.45, 2.75) is 0 Å². The van der Waals surface area contributed by atoms with Crippen LogP contribution in [0.1, 0.15) is 0 Å². The summed E-state index contributed by atoms with van der Waals surface area (Å²) in [6.07, 6.45) is 1.58. The first-order chi connectivity index (χ1) is 9.15. The molecule has 6 nitrogen and oxygen atoms in total. The average molecular weight is 274 g/mol. The van der Waals surface area contributed by atoms with Gasteiger partial charge in [0, 0.05) is 29.1 Å². The third kappa shape index (κ3) is 2.00. The highest BCUT2D eigenvalue weighted by Crippen LogP contribution is 2.25. The Hall–Kier alpha value is -2.54. The van der Waals surface area contributed by atoms with Crippen molar-refractivity contribution in [3.8, 4) is 10.6 Å². The van der Waals surface area contributed by atoms with Crippen molar-refractivity contribution >= 4 is 28.0 Å². The van der Waals surface area contributed by atoms with E-state index < -0.39 is 10.5 Å². The minimum absolute atomic E-state index is 0.0496. The number of hydrogen-bond acceptors (Lipinski definition) is 6. The minimum atomic E-state index is -0.503. The lowest BCUT2D eigenvalue weighted by atomic mass is 10.2. The van der Waals surface area contributed by atoms with Crippen LogP contribution in [0.15, 0.2) is 45.1 Å². The molecule has 0 amide bonds. The summed E-state index contributed by atoms with van der Waals surface area (Å²) in [4.78, 5) is 26.1. The maximum Gasteiger partial charge on any atom is 0.346 e. The minimum Gasteiger partial charge on any atom is -0.422 e. The van der Waals surface area contributed by atoms with Crippen molar-refractivity contribution in [2.24, 2.45) is 0 Å². The second-order valence-corrected chi connectivity index (χ2v) is 4.66. The average Bonchev–Trinajstić information content (AvgIpc) is 2.91. The molecular formula is C12H6N2O4S. The SMILES string of the molecule is O=c1oc2ccc([N+](=O)[O-])cc2cc1-c1nccs1. The number of non-ortho nitro benzene ring substituents is 1. The van der Waals surface area contributed by atoms with Gasteiger partial charge in [0.15, 0.2) is 0 Å². The van der Waals surface area contributed by atoms with Gasteiger partial charge in [0.1, 0.15) is 10.6 Å². The lowest BCUT2D eigenvalue weighted by Crippen LogP contribution is -2.02. The van der Waals surface area contributed by atoms with Gasteiger partial charge in [-0.2, -0.15) is 0 Å². The molecular weight excluding hydrogens is 268 g/mol. The van der Waals surface area contributed by atoms with E-state index in [1.165, 1.54) is 29.5 Å². The second-order valence-electron chi connectivity index (χ2n) is 3.76. The van der Waals surface area contributed by atoms with E-state index in [9.17, 15) is 14.9 Å². The highest BCUT2D eigenvalue weighted by Gasteiger charge is 2.12. The first kappa shape index (κ1) is 11.5. The molecule has 7 heteroatoms. The Morgan fingerprint density at radius 2 is 2.16 bits per heavy atom. The van der Waals surface area contributed by atoms with Gasteiger partial charge >= 0.3 is 5.63 Å². The molecule has 0 fully saturated rings. The molecule has 0 unspecified atom stereocenters. The molecule has 1 aromatic carbocycles. The van der Waals surface area contributed by atoms with E-state index in [1.807, 2.05) is 0 Å². The summed E-state index contributed by atoms with van der Waals surface area (Å²) < 4.78 is 5.14. The summed E-state index contributed by atoms with van der Waals surface area (Å²) in [5, 5.41) is 13.5. The number of benzene rings is 1. The monoisotopic (exact) mass is 274 g/mol. The molecule has 3 rings (SSSR count). The van der Waals surface area contributed by atoms with Gasteiger partial charge in [0.05, 0.1) is 10.5 Å².